The molecule has 1 atom stereocenters. The van der Waals surface area contributed by atoms with Crippen LogP contribution in [0, 0.1) is 0 Å². The number of nitrogens with one attached hydrogen (secondary N) is 1. The van der Waals surface area contributed by atoms with E-state index < -0.39 is 30.4 Å². The summed E-state index contributed by atoms with van der Waals surface area (Å²) in [7, 11) is 0. The van der Waals surface area contributed by atoms with Gasteiger partial charge in [0.05, 0.1) is 0 Å². The maximum absolute atomic E-state index is 11.5. The van der Waals surface area contributed by atoms with Crippen LogP contribution in [0.4, 0.5) is 0 Å². The van der Waals surface area contributed by atoms with Crippen molar-refractivity contribution in [3.05, 3.63) is 28.5 Å². The molecule has 8 heteroatoms. The number of carbonyl (C=O) groups excluding carboxylic acids is 3. The third-order valence-electron chi connectivity index (χ3n) is 2.35. The summed E-state index contributed by atoms with van der Waals surface area (Å²) < 4.78 is 5.10. The minimum absolute atomic E-state index is 0.190. The second kappa shape index (κ2) is 7.59. The van der Waals surface area contributed by atoms with E-state index in [0.717, 1.165) is 5.56 Å². The highest BCUT2D eigenvalue weighted by Gasteiger charge is 2.20. The lowest BCUT2D eigenvalue weighted by molar-refractivity contribution is -0.146. The molecular formula is C12H14BrN3O4. The Morgan fingerprint density at radius 3 is 2.75 bits per heavy atom. The van der Waals surface area contributed by atoms with Gasteiger partial charge in [-0.2, -0.15) is 0 Å². The highest BCUT2D eigenvalue weighted by Crippen LogP contribution is 2.14. The zero-order valence-corrected chi connectivity index (χ0v) is 12.3. The number of esters is 1. The van der Waals surface area contributed by atoms with Crippen molar-refractivity contribution in [2.45, 2.75) is 19.4 Å². The molecule has 3 N–H and O–H groups in total. The van der Waals surface area contributed by atoms with Gasteiger partial charge >= 0.3 is 5.97 Å². The number of halogens is 1. The van der Waals surface area contributed by atoms with Crippen molar-refractivity contribution in [2.24, 2.45) is 5.73 Å². The largest absolute Gasteiger partial charge is 0.456 e. The predicted octanol–water partition coefficient (Wildman–Crippen LogP) is -0.0802. The molecule has 1 aromatic heterocycles. The molecule has 0 radical (unpaired) electrons. The summed E-state index contributed by atoms with van der Waals surface area (Å²) in [5, 5.41) is 2.41. The Morgan fingerprint density at radius 1 is 1.50 bits per heavy atom. The Bertz CT molecular complexity index is 521. The lowest BCUT2D eigenvalue weighted by atomic mass is 10.1. The Hall–Kier alpha value is -1.96. The molecule has 0 aromatic carbocycles. The molecule has 0 fully saturated rings. The fourth-order valence-electron chi connectivity index (χ4n) is 1.42. The Balaban J connectivity index is 2.66. The number of pyridine rings is 1. The first-order valence-electron chi connectivity index (χ1n) is 5.71. The monoisotopic (exact) mass is 343 g/mol. The second-order valence-corrected chi connectivity index (χ2v) is 4.71. The van der Waals surface area contributed by atoms with Gasteiger partial charge < -0.3 is 15.8 Å². The van der Waals surface area contributed by atoms with Crippen molar-refractivity contribution in [3.63, 3.8) is 0 Å². The number of hydrogen-bond donors (Lipinski definition) is 2. The summed E-state index contributed by atoms with van der Waals surface area (Å²) in [6.07, 6.45) is 1.78. The first kappa shape index (κ1) is 16.1. The number of nitrogens with two attached hydrogens (primary N) is 1. The van der Waals surface area contributed by atoms with Crippen molar-refractivity contribution in [1.29, 1.82) is 0 Å². The van der Waals surface area contributed by atoms with E-state index in [1.807, 2.05) is 0 Å². The smallest absolute Gasteiger partial charge is 0.303 e. The van der Waals surface area contributed by atoms with Gasteiger partial charge in [0.2, 0.25) is 5.91 Å². The van der Waals surface area contributed by atoms with Gasteiger partial charge in [-0.1, -0.05) is 6.07 Å². The van der Waals surface area contributed by atoms with E-state index >= 15 is 0 Å². The number of ether oxygens (including phenoxy) is 1. The normalized spacial score (nSPS) is 11.5. The molecule has 0 aliphatic heterocycles. The quantitative estimate of drug-likeness (QED) is 0.554. The van der Waals surface area contributed by atoms with E-state index in [-0.39, 0.29) is 6.42 Å². The molecule has 0 saturated carbocycles. The molecule has 1 aromatic rings. The zero-order valence-electron chi connectivity index (χ0n) is 10.8. The number of aromatic nitrogens is 1. The standard InChI is InChI=1S/C12H14BrN3O4/c1-7(17)20-6-10(18)16-9(12(14)19)5-8-3-2-4-15-11(8)13/h2-4,9H,5-6H2,1H3,(H2,14,19)(H,16,18)/t9-/m1/s1. The van der Waals surface area contributed by atoms with Crippen LogP contribution in [0.5, 0.6) is 0 Å². The van der Waals surface area contributed by atoms with Gasteiger partial charge in [0.25, 0.3) is 5.91 Å². The second-order valence-electron chi connectivity index (χ2n) is 3.96. The molecule has 20 heavy (non-hydrogen) atoms. The van der Waals surface area contributed by atoms with Crippen LogP contribution in [-0.2, 0) is 25.5 Å². The Kier molecular flexibility index (Phi) is 6.10. The van der Waals surface area contributed by atoms with Crippen molar-refractivity contribution >= 4 is 33.7 Å². The lowest BCUT2D eigenvalue weighted by Gasteiger charge is -2.15. The number of amides is 2. The van der Waals surface area contributed by atoms with Crippen LogP contribution in [0.1, 0.15) is 12.5 Å². The molecule has 2 amide bonds. The first-order valence-corrected chi connectivity index (χ1v) is 6.51. The molecule has 1 rings (SSSR count). The van der Waals surface area contributed by atoms with Crippen LogP contribution in [0.15, 0.2) is 22.9 Å². The molecule has 7 nitrogen and oxygen atoms in total. The number of primary amides is 1. The van der Waals surface area contributed by atoms with E-state index in [1.54, 1.807) is 18.3 Å². The van der Waals surface area contributed by atoms with E-state index in [4.69, 9.17) is 5.73 Å². The molecule has 108 valence electrons. The highest BCUT2D eigenvalue weighted by molar-refractivity contribution is 9.10. The molecule has 0 unspecified atom stereocenters. The summed E-state index contributed by atoms with van der Waals surface area (Å²) in [6.45, 7) is 0.735. The summed E-state index contributed by atoms with van der Waals surface area (Å²) >= 11 is 3.24. The van der Waals surface area contributed by atoms with Gasteiger partial charge in [-0.15, -0.1) is 0 Å². The molecule has 0 aliphatic carbocycles. The number of hydrogen-bond acceptors (Lipinski definition) is 5. The van der Waals surface area contributed by atoms with Crippen LogP contribution in [0.3, 0.4) is 0 Å². The number of carbonyl (C=O) groups is 3. The average molecular weight is 344 g/mol. The number of rotatable bonds is 6. The van der Waals surface area contributed by atoms with Crippen LogP contribution < -0.4 is 11.1 Å². The minimum Gasteiger partial charge on any atom is -0.456 e. The van der Waals surface area contributed by atoms with Gasteiger partial charge in [-0.25, -0.2) is 4.98 Å². The fourth-order valence-corrected chi connectivity index (χ4v) is 1.83. The van der Waals surface area contributed by atoms with Crippen molar-refractivity contribution in [3.8, 4) is 0 Å². The predicted molar refractivity (Wildman–Crippen MR) is 73.4 cm³/mol. The molecule has 0 bridgehead atoms. The highest BCUT2D eigenvalue weighted by atomic mass is 79.9. The van der Waals surface area contributed by atoms with Gasteiger partial charge in [-0.3, -0.25) is 14.4 Å². The van der Waals surface area contributed by atoms with Crippen LogP contribution >= 0.6 is 15.9 Å². The van der Waals surface area contributed by atoms with E-state index in [1.165, 1.54) is 6.92 Å². The van der Waals surface area contributed by atoms with E-state index in [9.17, 15) is 14.4 Å². The average Bonchev–Trinajstić information content (AvgIpc) is 2.38. The summed E-state index contributed by atoms with van der Waals surface area (Å²) in [4.78, 5) is 37.5. The topological polar surface area (TPSA) is 111 Å². The minimum atomic E-state index is -0.904. The summed E-state index contributed by atoms with van der Waals surface area (Å²) in [5.74, 6) is -1.85. The zero-order chi connectivity index (χ0) is 15.1. The SMILES string of the molecule is CC(=O)OCC(=O)N[C@H](Cc1cccnc1Br)C(N)=O. The first-order chi connectivity index (χ1) is 9.40. The fraction of sp³-hybridized carbons (Fsp3) is 0.333. The summed E-state index contributed by atoms with van der Waals surface area (Å²) in [5.41, 5.74) is 5.97. The van der Waals surface area contributed by atoms with Gasteiger partial charge in [-0.05, 0) is 27.6 Å². The van der Waals surface area contributed by atoms with Crippen LogP contribution in [0.25, 0.3) is 0 Å². The maximum Gasteiger partial charge on any atom is 0.303 e. The van der Waals surface area contributed by atoms with Gasteiger partial charge in [0.15, 0.2) is 6.61 Å². The molecule has 0 aliphatic rings. The molecular weight excluding hydrogens is 330 g/mol. The summed E-state index contributed by atoms with van der Waals surface area (Å²) in [6, 6.07) is 2.56. The third kappa shape index (κ3) is 5.35. The van der Waals surface area contributed by atoms with Crippen LogP contribution in [-0.4, -0.2) is 35.4 Å². The van der Waals surface area contributed by atoms with E-state index in [2.05, 4.69) is 31.0 Å². The maximum atomic E-state index is 11.5. The Labute approximate surface area is 124 Å². The van der Waals surface area contributed by atoms with Crippen molar-refractivity contribution < 1.29 is 19.1 Å². The van der Waals surface area contributed by atoms with Crippen molar-refractivity contribution in [2.75, 3.05) is 6.61 Å². The molecule has 0 saturated heterocycles. The van der Waals surface area contributed by atoms with Crippen LogP contribution in [0.2, 0.25) is 0 Å². The third-order valence-corrected chi connectivity index (χ3v) is 3.06. The van der Waals surface area contributed by atoms with Gasteiger partial charge in [0, 0.05) is 19.5 Å². The van der Waals surface area contributed by atoms with E-state index in [0.29, 0.717) is 4.60 Å². The Morgan fingerprint density at radius 2 is 2.20 bits per heavy atom. The lowest BCUT2D eigenvalue weighted by Crippen LogP contribution is -2.47. The molecule has 0 spiro atoms. The van der Waals surface area contributed by atoms with Crippen molar-refractivity contribution in [1.82, 2.24) is 10.3 Å². The number of nitrogens with zero attached hydrogens (tertiary/aromatic N) is 1. The molecule has 1 heterocycles. The van der Waals surface area contributed by atoms with Gasteiger partial charge in [0.1, 0.15) is 10.6 Å².